The van der Waals surface area contributed by atoms with E-state index in [-0.39, 0.29) is 21.3 Å². The first-order chi connectivity index (χ1) is 11.7. The summed E-state index contributed by atoms with van der Waals surface area (Å²) in [5, 5.41) is 3.51. The molecule has 2 aromatic carbocycles. The second-order valence-electron chi connectivity index (χ2n) is 6.31. The van der Waals surface area contributed by atoms with Gasteiger partial charge in [0.15, 0.2) is 5.72 Å². The van der Waals surface area contributed by atoms with Crippen molar-refractivity contribution in [1.82, 2.24) is 5.32 Å². The van der Waals surface area contributed by atoms with Gasteiger partial charge in [-0.25, -0.2) is 8.42 Å². The summed E-state index contributed by atoms with van der Waals surface area (Å²) < 4.78 is 31.4. The molecule has 1 heterocycles. The largest absolute Gasteiger partial charge is 0.468 e. The van der Waals surface area contributed by atoms with Crippen LogP contribution in [0.25, 0.3) is 0 Å². The first kappa shape index (κ1) is 17.9. The highest BCUT2D eigenvalue weighted by Gasteiger charge is 2.32. The number of ether oxygens (including phenoxy) is 1. The van der Waals surface area contributed by atoms with E-state index in [1.165, 1.54) is 18.2 Å². The number of carbonyl (C=O) groups is 1. The summed E-state index contributed by atoms with van der Waals surface area (Å²) in [6.45, 7) is 3.46. The van der Waals surface area contributed by atoms with E-state index in [1.807, 2.05) is 0 Å². The second-order valence-corrected chi connectivity index (χ2v) is 9.05. The van der Waals surface area contributed by atoms with Gasteiger partial charge in [0.1, 0.15) is 5.75 Å². The van der Waals surface area contributed by atoms with Gasteiger partial charge in [-0.3, -0.25) is 4.79 Å². The first-order valence-electron chi connectivity index (χ1n) is 7.78. The molecule has 0 bridgehead atoms. The summed E-state index contributed by atoms with van der Waals surface area (Å²) in [4.78, 5) is 12.5. The lowest BCUT2D eigenvalue weighted by atomic mass is 10.1. The third-order valence-electron chi connectivity index (χ3n) is 3.90. The van der Waals surface area contributed by atoms with Crippen molar-refractivity contribution in [3.05, 3.63) is 53.6 Å². The fourth-order valence-corrected chi connectivity index (χ4v) is 4.41. The molecule has 132 valence electrons. The quantitative estimate of drug-likeness (QED) is 0.765. The lowest BCUT2D eigenvalue weighted by Crippen LogP contribution is -2.51. The summed E-state index contributed by atoms with van der Waals surface area (Å²) in [6.07, 6.45) is 0.826. The van der Waals surface area contributed by atoms with E-state index < -0.39 is 15.6 Å². The maximum atomic E-state index is 12.8. The van der Waals surface area contributed by atoms with E-state index in [2.05, 4.69) is 21.2 Å². The van der Waals surface area contributed by atoms with Gasteiger partial charge < -0.3 is 10.1 Å². The van der Waals surface area contributed by atoms with Crippen LogP contribution in [0.4, 0.5) is 0 Å². The zero-order valence-electron chi connectivity index (χ0n) is 13.9. The minimum atomic E-state index is -3.70. The fraction of sp³-hybridized carbons (Fsp3) is 0.278. The van der Waals surface area contributed by atoms with Crippen LogP contribution in [0.2, 0.25) is 0 Å². The second kappa shape index (κ2) is 6.46. The van der Waals surface area contributed by atoms with Crippen molar-refractivity contribution in [3.8, 4) is 5.75 Å². The van der Waals surface area contributed by atoms with Gasteiger partial charge in [0.25, 0.3) is 5.91 Å². The molecule has 0 saturated heterocycles. The third kappa shape index (κ3) is 3.57. The van der Waals surface area contributed by atoms with Crippen LogP contribution in [0.15, 0.2) is 52.3 Å². The lowest BCUT2D eigenvalue weighted by Gasteiger charge is -2.33. The standard InChI is InChI=1S/C18H18BrNO4S/c1-18(2)20-17(21)15-11-14(7-8-16(15)24-18)25(22,23)13-5-3-12(4-6-13)9-10-19/h3-8,11H,9-10H2,1-2H3,(H,20,21). The Balaban J connectivity index is 1.99. The van der Waals surface area contributed by atoms with Crippen molar-refractivity contribution in [3.63, 3.8) is 0 Å². The number of carbonyl (C=O) groups excluding carboxylic acids is 1. The van der Waals surface area contributed by atoms with Gasteiger partial charge in [0, 0.05) is 5.33 Å². The van der Waals surface area contributed by atoms with Crippen LogP contribution in [0.1, 0.15) is 29.8 Å². The van der Waals surface area contributed by atoms with Gasteiger partial charge in [-0.1, -0.05) is 28.1 Å². The highest BCUT2D eigenvalue weighted by atomic mass is 79.9. The molecule has 1 N–H and O–H groups in total. The molecule has 25 heavy (non-hydrogen) atoms. The van der Waals surface area contributed by atoms with Crippen LogP contribution in [0, 0.1) is 0 Å². The Morgan fingerprint density at radius 1 is 1.08 bits per heavy atom. The predicted molar refractivity (Wildman–Crippen MR) is 98.0 cm³/mol. The van der Waals surface area contributed by atoms with E-state index in [0.29, 0.717) is 5.75 Å². The normalized spacial score (nSPS) is 15.9. The Morgan fingerprint density at radius 2 is 1.72 bits per heavy atom. The molecule has 0 aliphatic carbocycles. The van der Waals surface area contributed by atoms with Crippen molar-refractivity contribution < 1.29 is 17.9 Å². The van der Waals surface area contributed by atoms with Gasteiger partial charge in [-0.15, -0.1) is 0 Å². The van der Waals surface area contributed by atoms with Gasteiger partial charge in [0.2, 0.25) is 9.84 Å². The lowest BCUT2D eigenvalue weighted by molar-refractivity contribution is 0.0432. The Morgan fingerprint density at radius 3 is 2.36 bits per heavy atom. The Kier molecular flexibility index (Phi) is 4.64. The number of alkyl halides is 1. The smallest absolute Gasteiger partial charge is 0.258 e. The van der Waals surface area contributed by atoms with Crippen molar-refractivity contribution >= 4 is 31.7 Å². The molecule has 5 nitrogen and oxygen atoms in total. The minimum absolute atomic E-state index is 0.0675. The summed E-state index contributed by atoms with van der Waals surface area (Å²) in [5.74, 6) is 0.0244. The van der Waals surface area contributed by atoms with Crippen LogP contribution in [-0.4, -0.2) is 25.4 Å². The van der Waals surface area contributed by atoms with Crippen molar-refractivity contribution in [2.45, 2.75) is 35.8 Å². The predicted octanol–water partition coefficient (Wildman–Crippen LogP) is 3.32. The number of hydrogen-bond donors (Lipinski definition) is 1. The average molecular weight is 424 g/mol. The fourth-order valence-electron chi connectivity index (χ4n) is 2.66. The minimum Gasteiger partial charge on any atom is -0.468 e. The zero-order chi connectivity index (χ0) is 18.2. The van der Waals surface area contributed by atoms with E-state index in [9.17, 15) is 13.2 Å². The molecule has 0 saturated carbocycles. The third-order valence-corrected chi connectivity index (χ3v) is 6.07. The van der Waals surface area contributed by atoms with Gasteiger partial charge in [-0.2, -0.15) is 0 Å². The molecule has 0 fully saturated rings. The molecule has 3 rings (SSSR count). The Bertz CT molecular complexity index is 921. The van der Waals surface area contributed by atoms with Crippen LogP contribution in [-0.2, 0) is 16.3 Å². The average Bonchev–Trinajstić information content (AvgIpc) is 2.54. The summed E-state index contributed by atoms with van der Waals surface area (Å²) in [6, 6.07) is 11.1. The number of benzene rings is 2. The summed E-state index contributed by atoms with van der Waals surface area (Å²) >= 11 is 3.36. The van der Waals surface area contributed by atoms with Gasteiger partial charge in [0.05, 0.1) is 15.4 Å². The topological polar surface area (TPSA) is 72.5 Å². The number of fused-ring (bicyclic) bond motifs is 1. The van der Waals surface area contributed by atoms with Crippen molar-refractivity contribution in [2.75, 3.05) is 5.33 Å². The monoisotopic (exact) mass is 423 g/mol. The molecule has 0 unspecified atom stereocenters. The molecule has 1 amide bonds. The van der Waals surface area contributed by atoms with Crippen LogP contribution in [0.5, 0.6) is 5.75 Å². The molecule has 0 spiro atoms. The Hall–Kier alpha value is -1.86. The molecular weight excluding hydrogens is 406 g/mol. The van der Waals surface area contributed by atoms with Gasteiger partial charge >= 0.3 is 0 Å². The number of amides is 1. The number of hydrogen-bond acceptors (Lipinski definition) is 4. The molecule has 2 aromatic rings. The molecule has 0 atom stereocenters. The van der Waals surface area contributed by atoms with E-state index >= 15 is 0 Å². The number of rotatable bonds is 4. The van der Waals surface area contributed by atoms with Crippen LogP contribution < -0.4 is 10.1 Å². The van der Waals surface area contributed by atoms with E-state index in [0.717, 1.165) is 17.3 Å². The maximum absolute atomic E-state index is 12.8. The SMILES string of the molecule is CC1(C)NC(=O)c2cc(S(=O)(=O)c3ccc(CCBr)cc3)ccc2O1. The Labute approximate surface area is 155 Å². The highest BCUT2D eigenvalue weighted by molar-refractivity contribution is 9.09. The van der Waals surface area contributed by atoms with Crippen LogP contribution in [0.3, 0.4) is 0 Å². The van der Waals surface area contributed by atoms with Crippen molar-refractivity contribution in [2.24, 2.45) is 0 Å². The van der Waals surface area contributed by atoms with E-state index in [1.54, 1.807) is 38.1 Å². The summed E-state index contributed by atoms with van der Waals surface area (Å²) in [5.41, 5.74) is 0.447. The number of halogens is 1. The first-order valence-corrected chi connectivity index (χ1v) is 10.4. The summed E-state index contributed by atoms with van der Waals surface area (Å²) in [7, 11) is -3.70. The number of aryl methyl sites for hydroxylation is 1. The molecule has 0 aromatic heterocycles. The molecule has 7 heteroatoms. The molecular formula is C18H18BrNO4S. The molecule has 1 aliphatic rings. The van der Waals surface area contributed by atoms with Crippen molar-refractivity contribution in [1.29, 1.82) is 0 Å². The van der Waals surface area contributed by atoms with Crippen LogP contribution >= 0.6 is 15.9 Å². The van der Waals surface area contributed by atoms with Gasteiger partial charge in [-0.05, 0) is 56.2 Å². The number of nitrogens with one attached hydrogen (secondary N) is 1. The maximum Gasteiger partial charge on any atom is 0.258 e. The highest BCUT2D eigenvalue weighted by Crippen LogP contribution is 2.31. The molecule has 0 radical (unpaired) electrons. The number of sulfone groups is 1. The zero-order valence-corrected chi connectivity index (χ0v) is 16.3. The molecule has 1 aliphatic heterocycles. The van der Waals surface area contributed by atoms with E-state index in [4.69, 9.17) is 4.74 Å².